The highest BCUT2D eigenvalue weighted by Crippen LogP contribution is 2.30. The molecule has 0 amide bonds. The summed E-state index contributed by atoms with van der Waals surface area (Å²) in [5, 5.41) is 8.36. The lowest BCUT2D eigenvalue weighted by atomic mass is 10.2. The SMILES string of the molecule is N#Cc1ccc(C(F)(F)F)nc1C(F)F. The first kappa shape index (κ1) is 11.4. The predicted molar refractivity (Wildman–Crippen MR) is 38.9 cm³/mol. The van der Waals surface area contributed by atoms with Crippen molar-refractivity contribution in [1.82, 2.24) is 4.98 Å². The van der Waals surface area contributed by atoms with Gasteiger partial charge in [-0.1, -0.05) is 0 Å². The highest BCUT2D eigenvalue weighted by atomic mass is 19.4. The molecule has 0 fully saturated rings. The van der Waals surface area contributed by atoms with E-state index in [1.807, 2.05) is 0 Å². The van der Waals surface area contributed by atoms with Crippen molar-refractivity contribution in [3.8, 4) is 6.07 Å². The third-order valence-corrected chi connectivity index (χ3v) is 1.54. The lowest BCUT2D eigenvalue weighted by Crippen LogP contribution is -2.10. The molecule has 1 rings (SSSR count). The molecule has 0 aromatic carbocycles. The molecule has 0 spiro atoms. The standard InChI is InChI=1S/C8H3F5N2/c9-7(10)6-4(3-14)1-2-5(15-6)8(11,12)13/h1-2,7H. The minimum absolute atomic E-state index is 0.491. The van der Waals surface area contributed by atoms with E-state index in [0.717, 1.165) is 0 Å². The molecule has 80 valence electrons. The van der Waals surface area contributed by atoms with Crippen LogP contribution in [-0.4, -0.2) is 4.98 Å². The summed E-state index contributed by atoms with van der Waals surface area (Å²) in [4.78, 5) is 2.72. The molecule has 0 N–H and O–H groups in total. The van der Waals surface area contributed by atoms with Gasteiger partial charge >= 0.3 is 6.18 Å². The molecule has 0 saturated carbocycles. The van der Waals surface area contributed by atoms with Crippen molar-refractivity contribution in [2.75, 3.05) is 0 Å². The molecule has 7 heteroatoms. The van der Waals surface area contributed by atoms with E-state index in [0.29, 0.717) is 12.1 Å². The molecule has 0 saturated heterocycles. The van der Waals surface area contributed by atoms with Crippen LogP contribution in [0.3, 0.4) is 0 Å². The molecular formula is C8H3F5N2. The van der Waals surface area contributed by atoms with Gasteiger partial charge in [0, 0.05) is 0 Å². The lowest BCUT2D eigenvalue weighted by molar-refractivity contribution is -0.141. The predicted octanol–water partition coefficient (Wildman–Crippen LogP) is 2.91. The number of hydrogen-bond acceptors (Lipinski definition) is 2. The smallest absolute Gasteiger partial charge is 0.241 e. The highest BCUT2D eigenvalue weighted by molar-refractivity contribution is 5.35. The summed E-state index contributed by atoms with van der Waals surface area (Å²) >= 11 is 0. The number of halogens is 5. The summed E-state index contributed by atoms with van der Waals surface area (Å²) in [6.07, 6.45) is -8.00. The summed E-state index contributed by atoms with van der Waals surface area (Å²) in [7, 11) is 0. The summed E-state index contributed by atoms with van der Waals surface area (Å²) < 4.78 is 60.6. The molecule has 1 heterocycles. The molecule has 0 unspecified atom stereocenters. The van der Waals surface area contributed by atoms with Gasteiger partial charge in [-0.15, -0.1) is 0 Å². The van der Waals surface area contributed by atoms with E-state index >= 15 is 0 Å². The van der Waals surface area contributed by atoms with Crippen LogP contribution in [-0.2, 0) is 6.18 Å². The molecule has 0 aliphatic rings. The zero-order chi connectivity index (χ0) is 11.6. The Hall–Kier alpha value is -1.71. The van der Waals surface area contributed by atoms with Gasteiger partial charge in [-0.3, -0.25) is 0 Å². The summed E-state index contributed by atoms with van der Waals surface area (Å²) in [5.74, 6) is 0. The fraction of sp³-hybridized carbons (Fsp3) is 0.250. The van der Waals surface area contributed by atoms with E-state index in [-0.39, 0.29) is 0 Å². The molecule has 15 heavy (non-hydrogen) atoms. The van der Waals surface area contributed by atoms with Gasteiger partial charge in [0.15, 0.2) is 0 Å². The van der Waals surface area contributed by atoms with Gasteiger partial charge in [0.2, 0.25) is 0 Å². The van der Waals surface area contributed by atoms with Gasteiger partial charge in [-0.25, -0.2) is 13.8 Å². The van der Waals surface area contributed by atoms with Crippen molar-refractivity contribution in [2.24, 2.45) is 0 Å². The van der Waals surface area contributed by atoms with Gasteiger partial charge in [0.25, 0.3) is 6.43 Å². The van der Waals surface area contributed by atoms with Crippen LogP contribution in [0.5, 0.6) is 0 Å². The summed E-state index contributed by atoms with van der Waals surface area (Å²) in [6, 6.07) is 2.51. The number of hydrogen-bond donors (Lipinski definition) is 0. The Balaban J connectivity index is 3.30. The van der Waals surface area contributed by atoms with Crippen LogP contribution >= 0.6 is 0 Å². The maximum absolute atomic E-state index is 12.2. The van der Waals surface area contributed by atoms with Gasteiger partial charge in [0.1, 0.15) is 17.5 Å². The molecule has 0 aliphatic carbocycles. The second-order valence-corrected chi connectivity index (χ2v) is 2.54. The quantitative estimate of drug-likeness (QED) is 0.685. The first-order chi connectivity index (χ1) is 6.86. The third-order valence-electron chi connectivity index (χ3n) is 1.54. The minimum Gasteiger partial charge on any atom is -0.241 e. The number of pyridine rings is 1. The van der Waals surface area contributed by atoms with Crippen LogP contribution in [0.1, 0.15) is 23.4 Å². The Morgan fingerprint density at radius 2 is 1.87 bits per heavy atom. The monoisotopic (exact) mass is 222 g/mol. The maximum Gasteiger partial charge on any atom is 0.433 e. The number of alkyl halides is 5. The van der Waals surface area contributed by atoms with Crippen molar-refractivity contribution in [3.05, 3.63) is 29.1 Å². The van der Waals surface area contributed by atoms with Crippen LogP contribution in [0.2, 0.25) is 0 Å². The number of nitriles is 1. The van der Waals surface area contributed by atoms with Gasteiger partial charge in [0.05, 0.1) is 5.56 Å². The largest absolute Gasteiger partial charge is 0.433 e. The fourth-order valence-corrected chi connectivity index (χ4v) is 0.894. The van der Waals surface area contributed by atoms with Crippen LogP contribution in [0.4, 0.5) is 22.0 Å². The van der Waals surface area contributed by atoms with E-state index in [4.69, 9.17) is 5.26 Å². The normalized spacial score (nSPS) is 11.5. The zero-order valence-electron chi connectivity index (χ0n) is 7.02. The molecule has 0 bridgehead atoms. The van der Waals surface area contributed by atoms with Crippen molar-refractivity contribution in [1.29, 1.82) is 5.26 Å². The Morgan fingerprint density at radius 3 is 2.27 bits per heavy atom. The molecule has 1 aromatic heterocycles. The van der Waals surface area contributed by atoms with Gasteiger partial charge < -0.3 is 0 Å². The molecule has 0 atom stereocenters. The highest BCUT2D eigenvalue weighted by Gasteiger charge is 2.33. The number of rotatable bonds is 1. The lowest BCUT2D eigenvalue weighted by Gasteiger charge is -2.08. The Morgan fingerprint density at radius 1 is 1.27 bits per heavy atom. The van der Waals surface area contributed by atoms with Crippen LogP contribution in [0, 0.1) is 11.3 Å². The van der Waals surface area contributed by atoms with E-state index in [9.17, 15) is 22.0 Å². The first-order valence-electron chi connectivity index (χ1n) is 3.62. The van der Waals surface area contributed by atoms with Crippen molar-refractivity contribution in [3.63, 3.8) is 0 Å². The van der Waals surface area contributed by atoms with Gasteiger partial charge in [-0.05, 0) is 12.1 Å². The van der Waals surface area contributed by atoms with Crippen LogP contribution in [0.15, 0.2) is 12.1 Å². The molecule has 2 nitrogen and oxygen atoms in total. The second kappa shape index (κ2) is 3.81. The summed E-state index contributed by atoms with van der Waals surface area (Å²) in [5.41, 5.74) is -3.14. The third kappa shape index (κ3) is 2.40. The van der Waals surface area contributed by atoms with Crippen LogP contribution < -0.4 is 0 Å². The van der Waals surface area contributed by atoms with Crippen molar-refractivity contribution < 1.29 is 22.0 Å². The minimum atomic E-state index is -4.79. The maximum atomic E-state index is 12.2. The molecule has 1 aromatic rings. The van der Waals surface area contributed by atoms with E-state index in [1.165, 1.54) is 6.07 Å². The van der Waals surface area contributed by atoms with E-state index in [1.54, 1.807) is 0 Å². The number of nitrogens with zero attached hydrogens (tertiary/aromatic N) is 2. The molecule has 0 radical (unpaired) electrons. The van der Waals surface area contributed by atoms with E-state index < -0.39 is 29.6 Å². The van der Waals surface area contributed by atoms with Gasteiger partial charge in [-0.2, -0.15) is 18.4 Å². The Labute approximate surface area is 81.0 Å². The molecule has 0 aliphatic heterocycles. The topological polar surface area (TPSA) is 36.7 Å². The molecular weight excluding hydrogens is 219 g/mol. The number of aromatic nitrogens is 1. The summed E-state index contributed by atoms with van der Waals surface area (Å²) in [6.45, 7) is 0. The Bertz CT molecular complexity index is 404. The average Bonchev–Trinajstić information content (AvgIpc) is 2.15. The van der Waals surface area contributed by atoms with Crippen molar-refractivity contribution in [2.45, 2.75) is 12.6 Å². The zero-order valence-corrected chi connectivity index (χ0v) is 7.02. The fourth-order valence-electron chi connectivity index (χ4n) is 0.894. The van der Waals surface area contributed by atoms with Crippen molar-refractivity contribution >= 4 is 0 Å². The average molecular weight is 222 g/mol. The van der Waals surface area contributed by atoms with Crippen LogP contribution in [0.25, 0.3) is 0 Å². The Kier molecular flexibility index (Phi) is 2.88. The van der Waals surface area contributed by atoms with E-state index in [2.05, 4.69) is 4.98 Å². The first-order valence-corrected chi connectivity index (χ1v) is 3.62. The second-order valence-electron chi connectivity index (χ2n) is 2.54.